The molecule has 1 atom stereocenters. The van der Waals surface area contributed by atoms with Crippen LogP contribution in [0, 0.1) is 0 Å². The molecule has 224 valence electrons. The Labute approximate surface area is 258 Å². The third kappa shape index (κ3) is 9.51. The molecule has 0 unspecified atom stereocenters. The molecule has 0 aliphatic heterocycles. The first-order valence-corrected chi connectivity index (χ1v) is 16.1. The predicted octanol–water partition coefficient (Wildman–Crippen LogP) is 5.53. The molecule has 0 spiro atoms. The monoisotopic (exact) mass is 617 g/mol. The average molecular weight is 618 g/mol. The number of rotatable bonds is 14. The zero-order valence-corrected chi connectivity index (χ0v) is 25.7. The number of benzene rings is 4. The largest absolute Gasteiger partial charge is 0.350 e. The molecule has 9 heteroatoms. The van der Waals surface area contributed by atoms with Gasteiger partial charge >= 0.3 is 0 Å². The molecular formula is C34H36ClN3O4S. The van der Waals surface area contributed by atoms with Gasteiger partial charge in [-0.2, -0.15) is 0 Å². The number of aryl methyl sites for hydroxylation is 1. The summed E-state index contributed by atoms with van der Waals surface area (Å²) in [5, 5.41) is 3.62. The van der Waals surface area contributed by atoms with Crippen molar-refractivity contribution in [3.05, 3.63) is 136 Å². The minimum Gasteiger partial charge on any atom is -0.350 e. The van der Waals surface area contributed by atoms with Gasteiger partial charge in [-0.05, 0) is 52.9 Å². The van der Waals surface area contributed by atoms with Gasteiger partial charge in [0.15, 0.2) is 0 Å². The van der Waals surface area contributed by atoms with Crippen LogP contribution in [-0.2, 0) is 45.5 Å². The van der Waals surface area contributed by atoms with Crippen molar-refractivity contribution in [2.75, 3.05) is 6.54 Å². The Hall–Kier alpha value is -3.98. The zero-order chi connectivity index (χ0) is 30.7. The molecule has 0 saturated carbocycles. The summed E-state index contributed by atoms with van der Waals surface area (Å²) in [4.78, 5) is 29.5. The number of sulfonamides is 1. The van der Waals surface area contributed by atoms with E-state index in [4.69, 9.17) is 11.6 Å². The Morgan fingerprint density at radius 3 is 1.95 bits per heavy atom. The zero-order valence-electron chi connectivity index (χ0n) is 24.1. The topological polar surface area (TPSA) is 95.6 Å². The van der Waals surface area contributed by atoms with Gasteiger partial charge < -0.3 is 10.2 Å². The minimum absolute atomic E-state index is 0.143. The van der Waals surface area contributed by atoms with Gasteiger partial charge in [0.05, 0.1) is 4.90 Å². The van der Waals surface area contributed by atoms with Gasteiger partial charge in [-0.1, -0.05) is 103 Å². The van der Waals surface area contributed by atoms with Crippen LogP contribution in [0.5, 0.6) is 0 Å². The lowest BCUT2D eigenvalue weighted by Gasteiger charge is -2.32. The number of nitrogens with zero attached hydrogens (tertiary/aromatic N) is 1. The number of hydrogen-bond donors (Lipinski definition) is 2. The lowest BCUT2D eigenvalue weighted by molar-refractivity contribution is -0.141. The van der Waals surface area contributed by atoms with Crippen LogP contribution in [0.4, 0.5) is 0 Å². The highest BCUT2D eigenvalue weighted by molar-refractivity contribution is 7.89. The van der Waals surface area contributed by atoms with Gasteiger partial charge in [-0.15, -0.1) is 0 Å². The van der Waals surface area contributed by atoms with E-state index in [1.165, 1.54) is 0 Å². The van der Waals surface area contributed by atoms with Gasteiger partial charge in [-0.25, -0.2) is 13.1 Å². The Morgan fingerprint density at radius 2 is 1.35 bits per heavy atom. The summed E-state index contributed by atoms with van der Waals surface area (Å²) in [6.45, 7) is 2.59. The molecule has 0 saturated heterocycles. The van der Waals surface area contributed by atoms with Gasteiger partial charge in [0, 0.05) is 37.5 Å². The van der Waals surface area contributed by atoms with Crippen molar-refractivity contribution >= 4 is 33.4 Å². The molecule has 0 aliphatic carbocycles. The Balaban J connectivity index is 1.58. The van der Waals surface area contributed by atoms with Crippen LogP contribution in [0.3, 0.4) is 0 Å². The van der Waals surface area contributed by atoms with Crippen molar-refractivity contribution in [1.29, 1.82) is 0 Å². The second-order valence-electron chi connectivity index (χ2n) is 10.2. The van der Waals surface area contributed by atoms with E-state index in [0.29, 0.717) is 31.0 Å². The molecule has 7 nitrogen and oxygen atoms in total. The van der Waals surface area contributed by atoms with Gasteiger partial charge in [0.2, 0.25) is 21.8 Å². The smallest absolute Gasteiger partial charge is 0.243 e. The Kier molecular flexibility index (Phi) is 11.5. The first kappa shape index (κ1) is 31.9. The molecule has 0 aliphatic rings. The normalized spacial score (nSPS) is 12.0. The maximum absolute atomic E-state index is 13.9. The fourth-order valence-electron chi connectivity index (χ4n) is 4.75. The lowest BCUT2D eigenvalue weighted by atomic mass is 10.0. The van der Waals surface area contributed by atoms with Crippen molar-refractivity contribution in [2.24, 2.45) is 0 Å². The maximum atomic E-state index is 13.9. The van der Waals surface area contributed by atoms with Crippen LogP contribution in [0.1, 0.15) is 35.6 Å². The molecule has 4 rings (SSSR count). The third-order valence-electron chi connectivity index (χ3n) is 7.04. The number of carbonyl (C=O) groups excluding carboxylic acids is 2. The molecule has 2 N–H and O–H groups in total. The quantitative estimate of drug-likeness (QED) is 0.195. The van der Waals surface area contributed by atoms with Gasteiger partial charge in [-0.3, -0.25) is 9.59 Å². The number of halogens is 1. The van der Waals surface area contributed by atoms with Crippen LogP contribution < -0.4 is 10.0 Å². The number of carbonyl (C=O) groups is 2. The molecule has 0 bridgehead atoms. The fraction of sp³-hybridized carbons (Fsp3) is 0.235. The van der Waals surface area contributed by atoms with Crippen LogP contribution >= 0.6 is 11.6 Å². The highest BCUT2D eigenvalue weighted by Gasteiger charge is 2.30. The molecule has 0 radical (unpaired) electrons. The summed E-state index contributed by atoms with van der Waals surface area (Å²) >= 11 is 6.12. The van der Waals surface area contributed by atoms with Crippen molar-refractivity contribution in [3.8, 4) is 0 Å². The highest BCUT2D eigenvalue weighted by Crippen LogP contribution is 2.19. The summed E-state index contributed by atoms with van der Waals surface area (Å²) in [5.41, 5.74) is 3.58. The Morgan fingerprint density at radius 1 is 0.767 bits per heavy atom. The first-order chi connectivity index (χ1) is 20.7. The van der Waals surface area contributed by atoms with E-state index in [0.717, 1.165) is 22.3 Å². The van der Waals surface area contributed by atoms with E-state index >= 15 is 0 Å². The molecule has 0 fully saturated rings. The summed E-state index contributed by atoms with van der Waals surface area (Å²) in [6, 6.07) is 32.3. The van der Waals surface area contributed by atoms with Crippen LogP contribution in [0.2, 0.25) is 5.02 Å². The average Bonchev–Trinajstić information content (AvgIpc) is 3.02. The Bertz CT molecular complexity index is 1580. The van der Waals surface area contributed by atoms with Crippen LogP contribution in [0.25, 0.3) is 0 Å². The second kappa shape index (κ2) is 15.5. The van der Waals surface area contributed by atoms with E-state index in [9.17, 15) is 18.0 Å². The molecule has 0 heterocycles. The van der Waals surface area contributed by atoms with E-state index < -0.39 is 16.1 Å². The van der Waals surface area contributed by atoms with Crippen molar-refractivity contribution in [3.63, 3.8) is 0 Å². The summed E-state index contributed by atoms with van der Waals surface area (Å²) in [7, 11) is -3.56. The van der Waals surface area contributed by atoms with Gasteiger partial charge in [0.25, 0.3) is 0 Å². The lowest BCUT2D eigenvalue weighted by Crippen LogP contribution is -2.50. The predicted molar refractivity (Wildman–Crippen MR) is 170 cm³/mol. The van der Waals surface area contributed by atoms with E-state index in [-0.39, 0.29) is 29.7 Å². The van der Waals surface area contributed by atoms with Crippen molar-refractivity contribution < 1.29 is 18.0 Å². The summed E-state index contributed by atoms with van der Waals surface area (Å²) in [5.74, 6) is -0.428. The van der Waals surface area contributed by atoms with E-state index in [2.05, 4.69) is 10.0 Å². The number of amides is 2. The first-order valence-electron chi connectivity index (χ1n) is 14.2. The van der Waals surface area contributed by atoms with Crippen LogP contribution in [0.15, 0.2) is 114 Å². The molecule has 0 aromatic heterocycles. The molecule has 4 aromatic carbocycles. The number of hydrogen-bond acceptors (Lipinski definition) is 4. The molecular weight excluding hydrogens is 582 g/mol. The van der Waals surface area contributed by atoms with E-state index in [1.807, 2.05) is 72.8 Å². The SMILES string of the molecule is CCNS(=O)(=O)c1ccc(CCC(=O)N(Cc2ccc(Cl)cc2)[C@H](Cc2ccccc2)C(=O)NCc2ccccc2)cc1. The molecule has 2 amide bonds. The fourth-order valence-corrected chi connectivity index (χ4v) is 5.91. The second-order valence-corrected chi connectivity index (χ2v) is 12.4. The summed E-state index contributed by atoms with van der Waals surface area (Å²) in [6.07, 6.45) is 0.878. The van der Waals surface area contributed by atoms with Gasteiger partial charge in [0.1, 0.15) is 6.04 Å². The molecule has 43 heavy (non-hydrogen) atoms. The minimum atomic E-state index is -3.56. The van der Waals surface area contributed by atoms with E-state index in [1.54, 1.807) is 48.2 Å². The van der Waals surface area contributed by atoms with Crippen molar-refractivity contribution in [2.45, 2.75) is 50.2 Å². The third-order valence-corrected chi connectivity index (χ3v) is 8.86. The summed E-state index contributed by atoms with van der Waals surface area (Å²) < 4.78 is 27.1. The number of nitrogens with one attached hydrogen (secondary N) is 2. The standard InChI is InChI=1S/C34H36ClN3O4S/c1-2-37-43(41,42)31-20-15-26(16-21-31)17-22-33(39)38(25-29-13-18-30(35)19-14-29)32(23-27-9-5-3-6-10-27)34(40)36-24-28-11-7-4-8-12-28/h3-16,18-21,32,37H,2,17,22-25H2,1H3,(H,36,40)/t32-/m1/s1. The highest BCUT2D eigenvalue weighted by atomic mass is 35.5. The maximum Gasteiger partial charge on any atom is 0.243 e. The van der Waals surface area contributed by atoms with Crippen LogP contribution in [-0.4, -0.2) is 37.7 Å². The van der Waals surface area contributed by atoms with Crippen molar-refractivity contribution in [1.82, 2.24) is 14.9 Å². The molecule has 4 aromatic rings.